The van der Waals surface area contributed by atoms with Gasteiger partial charge in [-0.2, -0.15) is 0 Å². The third kappa shape index (κ3) is 5.72. The smallest absolute Gasteiger partial charge is 0.243 e. The van der Waals surface area contributed by atoms with Crippen LogP contribution in [0.1, 0.15) is 12.8 Å². The molecule has 2 aliphatic heterocycles. The van der Waals surface area contributed by atoms with E-state index in [4.69, 9.17) is 23.9 Å². The van der Waals surface area contributed by atoms with E-state index in [9.17, 15) is 4.79 Å². The van der Waals surface area contributed by atoms with Crippen LogP contribution in [0, 0.1) is 11.6 Å². The maximum absolute atomic E-state index is 15.4. The number of amides is 1. The molecule has 2 aromatic heterocycles. The Hall–Kier alpha value is -4.10. The van der Waals surface area contributed by atoms with E-state index in [2.05, 4.69) is 27.2 Å². The number of hydrogen-bond donors (Lipinski definition) is 2. The predicted octanol–water partition coefficient (Wildman–Crippen LogP) is 3.08. The van der Waals surface area contributed by atoms with Gasteiger partial charge in [0, 0.05) is 31.7 Å². The molecule has 1 amide bonds. The van der Waals surface area contributed by atoms with Gasteiger partial charge in [0.2, 0.25) is 5.91 Å². The number of nitrogens with one attached hydrogen (secondary N) is 2. The zero-order valence-corrected chi connectivity index (χ0v) is 23.1. The maximum Gasteiger partial charge on any atom is 0.243 e. The Balaban J connectivity index is 1.58. The molecule has 2 fully saturated rings. The van der Waals surface area contributed by atoms with Crippen LogP contribution in [0.3, 0.4) is 0 Å². The van der Waals surface area contributed by atoms with Crippen LogP contribution in [0.5, 0.6) is 11.5 Å². The van der Waals surface area contributed by atoms with E-state index >= 15 is 8.78 Å². The molecule has 0 aliphatic carbocycles. The van der Waals surface area contributed by atoms with Crippen molar-refractivity contribution in [2.75, 3.05) is 57.8 Å². The van der Waals surface area contributed by atoms with Crippen molar-refractivity contribution in [2.45, 2.75) is 31.0 Å². The lowest BCUT2D eigenvalue weighted by Crippen LogP contribution is -2.45. The van der Waals surface area contributed by atoms with Crippen LogP contribution in [0.2, 0.25) is 0 Å². The third-order valence-corrected chi connectivity index (χ3v) is 7.36. The monoisotopic (exact) mass is 570 g/mol. The van der Waals surface area contributed by atoms with E-state index in [1.807, 2.05) is 4.90 Å². The van der Waals surface area contributed by atoms with Gasteiger partial charge in [0.1, 0.15) is 11.6 Å². The summed E-state index contributed by atoms with van der Waals surface area (Å²) in [6.07, 6.45) is 4.36. The van der Waals surface area contributed by atoms with Crippen LogP contribution in [0.15, 0.2) is 31.0 Å². The molecule has 5 rings (SSSR count). The molecule has 41 heavy (non-hydrogen) atoms. The number of halogens is 2. The second kappa shape index (κ2) is 12.2. The number of carbonyl (C=O) groups is 1. The van der Waals surface area contributed by atoms with Crippen LogP contribution >= 0.6 is 0 Å². The summed E-state index contributed by atoms with van der Waals surface area (Å²) in [7, 11) is 4.25. The van der Waals surface area contributed by atoms with Gasteiger partial charge >= 0.3 is 0 Å². The largest absolute Gasteiger partial charge is 0.494 e. The lowest BCUT2D eigenvalue weighted by molar-refractivity contribution is -0.117. The number of anilines is 2. The van der Waals surface area contributed by atoms with Crippen LogP contribution in [-0.2, 0) is 14.3 Å². The molecule has 13 heteroatoms. The zero-order chi connectivity index (χ0) is 29.1. The van der Waals surface area contributed by atoms with Gasteiger partial charge in [-0.15, -0.1) is 0 Å². The fraction of sp³-hybridized carbons (Fsp3) is 0.429. The van der Waals surface area contributed by atoms with Crippen molar-refractivity contribution in [3.8, 4) is 22.9 Å². The number of hydrogen-bond acceptors (Lipinski definition) is 10. The number of carbonyl (C=O) groups excluding carboxylic acids is 1. The fourth-order valence-electron chi connectivity index (χ4n) is 5.10. The van der Waals surface area contributed by atoms with Crippen LogP contribution < -0.4 is 25.0 Å². The average Bonchev–Trinajstić information content (AvgIpc) is 3.43. The molecule has 2 saturated heterocycles. The number of methoxy groups -OCH3 is 3. The lowest BCUT2D eigenvalue weighted by atomic mass is 10.1. The number of piperidine rings is 1. The quantitative estimate of drug-likeness (QED) is 0.372. The minimum atomic E-state index is -0.936. The molecule has 2 N–H and O–H groups in total. The molecule has 0 radical (unpaired) electrons. The van der Waals surface area contributed by atoms with Crippen LogP contribution in [0.4, 0.5) is 20.4 Å². The van der Waals surface area contributed by atoms with E-state index < -0.39 is 17.2 Å². The second-order valence-electron chi connectivity index (χ2n) is 9.77. The highest BCUT2D eigenvalue weighted by molar-refractivity contribution is 5.92. The number of rotatable bonds is 9. The zero-order valence-electron chi connectivity index (χ0n) is 23.1. The first-order valence-corrected chi connectivity index (χ1v) is 13.2. The molecule has 11 nitrogen and oxygen atoms in total. The highest BCUT2D eigenvalue weighted by Gasteiger charge is 2.31. The summed E-state index contributed by atoms with van der Waals surface area (Å²) < 4.78 is 52.2. The van der Waals surface area contributed by atoms with Gasteiger partial charge < -0.3 is 34.5 Å². The highest BCUT2D eigenvalue weighted by atomic mass is 19.1. The number of pyridine rings is 1. The van der Waals surface area contributed by atoms with Crippen molar-refractivity contribution in [3.63, 3.8) is 0 Å². The normalized spacial score (nSPS) is 19.3. The molecule has 0 unspecified atom stereocenters. The molecule has 218 valence electrons. The maximum atomic E-state index is 15.4. The summed E-state index contributed by atoms with van der Waals surface area (Å²) in [5, 5.41) is 6.82. The van der Waals surface area contributed by atoms with Crippen molar-refractivity contribution in [2.24, 2.45) is 0 Å². The van der Waals surface area contributed by atoms with Crippen molar-refractivity contribution in [1.82, 2.24) is 20.3 Å². The van der Waals surface area contributed by atoms with Gasteiger partial charge in [-0.25, -0.2) is 23.7 Å². The standard InChI is InChI=1S/C28H32F2N6O5/c1-5-23(37)33-19-14-41-13-18(19)32-22-10-16-17(12-31-22)34-27(35-28(16)36-8-6-15(38-2)7-9-36)24-25(29)20(39-3)11-21(40-4)26(24)30/h5,10-12,15,18-19H,1,6-9,13-14H2,2-4H3,(H,31,32)(H,33,37)/t18-,19+/m1/s1. The number of ether oxygens (including phenoxy) is 4. The van der Waals surface area contributed by atoms with Gasteiger partial charge in [0.05, 0.1) is 62.9 Å². The van der Waals surface area contributed by atoms with Crippen molar-refractivity contribution in [1.29, 1.82) is 0 Å². The molecular weight excluding hydrogens is 538 g/mol. The minimum Gasteiger partial charge on any atom is -0.494 e. The van der Waals surface area contributed by atoms with E-state index in [0.29, 0.717) is 48.8 Å². The van der Waals surface area contributed by atoms with Crippen molar-refractivity contribution < 1.29 is 32.5 Å². The van der Waals surface area contributed by atoms with E-state index in [0.717, 1.165) is 18.9 Å². The summed E-state index contributed by atoms with van der Waals surface area (Å²) in [6.45, 7) is 5.44. The predicted molar refractivity (Wildman–Crippen MR) is 148 cm³/mol. The molecule has 2 aliphatic rings. The van der Waals surface area contributed by atoms with Crippen molar-refractivity contribution in [3.05, 3.63) is 42.6 Å². The van der Waals surface area contributed by atoms with Gasteiger partial charge in [-0.3, -0.25) is 4.79 Å². The Bertz CT molecular complexity index is 1420. The van der Waals surface area contributed by atoms with Gasteiger partial charge in [-0.05, 0) is 25.0 Å². The van der Waals surface area contributed by atoms with Gasteiger partial charge in [-0.1, -0.05) is 6.58 Å². The Kier molecular flexibility index (Phi) is 8.45. The third-order valence-electron chi connectivity index (χ3n) is 7.36. The Morgan fingerprint density at radius 2 is 1.76 bits per heavy atom. The highest BCUT2D eigenvalue weighted by Crippen LogP contribution is 2.38. The number of fused-ring (bicyclic) bond motifs is 1. The lowest BCUT2D eigenvalue weighted by Gasteiger charge is -2.33. The molecule has 2 atom stereocenters. The molecule has 3 aromatic rings. The summed E-state index contributed by atoms with van der Waals surface area (Å²) in [6, 6.07) is 2.42. The Labute approximate surface area is 235 Å². The van der Waals surface area contributed by atoms with E-state index in [-0.39, 0.29) is 41.4 Å². The summed E-state index contributed by atoms with van der Waals surface area (Å²) in [5.74, 6) is -1.70. The first kappa shape index (κ1) is 28.4. The average molecular weight is 571 g/mol. The van der Waals surface area contributed by atoms with E-state index in [1.54, 1.807) is 13.2 Å². The summed E-state index contributed by atoms with van der Waals surface area (Å²) >= 11 is 0. The topological polar surface area (TPSA) is 120 Å². The number of aromatic nitrogens is 3. The first-order chi connectivity index (χ1) is 19.9. The molecule has 4 heterocycles. The minimum absolute atomic E-state index is 0.111. The first-order valence-electron chi connectivity index (χ1n) is 13.2. The molecular formula is C28H32F2N6O5. The Morgan fingerprint density at radius 1 is 1.07 bits per heavy atom. The van der Waals surface area contributed by atoms with Crippen LogP contribution in [0.25, 0.3) is 22.3 Å². The van der Waals surface area contributed by atoms with Gasteiger partial charge in [0.25, 0.3) is 0 Å². The number of nitrogens with zero attached hydrogens (tertiary/aromatic N) is 4. The Morgan fingerprint density at radius 3 is 2.39 bits per heavy atom. The van der Waals surface area contributed by atoms with Crippen molar-refractivity contribution >= 4 is 28.4 Å². The molecule has 1 aromatic carbocycles. The molecule has 0 bridgehead atoms. The van der Waals surface area contributed by atoms with Crippen LogP contribution in [-0.4, -0.2) is 86.7 Å². The van der Waals surface area contributed by atoms with Gasteiger partial charge in [0.15, 0.2) is 29.0 Å². The number of benzene rings is 1. The SMILES string of the molecule is C=CC(=O)N[C@H]1COC[C@H]1Nc1cc2c(N3CCC(OC)CC3)nc(-c3c(F)c(OC)cc(OC)c3F)nc2cn1. The van der Waals surface area contributed by atoms with E-state index in [1.165, 1.54) is 26.5 Å². The molecule has 0 spiro atoms. The molecule has 0 saturated carbocycles. The summed E-state index contributed by atoms with van der Waals surface area (Å²) in [4.78, 5) is 27.6. The fourth-order valence-corrected chi connectivity index (χ4v) is 5.10. The summed E-state index contributed by atoms with van der Waals surface area (Å²) in [5.41, 5.74) is -0.0635. The second-order valence-corrected chi connectivity index (χ2v) is 9.77.